The summed E-state index contributed by atoms with van der Waals surface area (Å²) < 4.78 is 10.5. The van der Waals surface area contributed by atoms with Gasteiger partial charge in [-0.25, -0.2) is 0 Å². The molecule has 0 fully saturated rings. The van der Waals surface area contributed by atoms with Crippen LogP contribution in [0.1, 0.15) is 6.92 Å². The van der Waals surface area contributed by atoms with Gasteiger partial charge in [-0.2, -0.15) is 0 Å². The molecule has 3 nitrogen and oxygen atoms in total. The van der Waals surface area contributed by atoms with Gasteiger partial charge in [-0.3, -0.25) is 0 Å². The van der Waals surface area contributed by atoms with Crippen molar-refractivity contribution in [2.24, 2.45) is 0 Å². The number of ether oxygens (including phenoxy) is 2. The Bertz CT molecular complexity index is 321. The molecule has 0 aliphatic carbocycles. The first kappa shape index (κ1) is 10.4. The first-order chi connectivity index (χ1) is 6.77. The Morgan fingerprint density at radius 3 is 2.86 bits per heavy atom. The molecule has 1 aromatic rings. The minimum atomic E-state index is 0.522. The molecule has 0 radical (unpaired) electrons. The van der Waals surface area contributed by atoms with Gasteiger partial charge < -0.3 is 15.2 Å². The number of methoxy groups -OCH3 is 1. The van der Waals surface area contributed by atoms with E-state index in [1.54, 1.807) is 25.3 Å². The van der Waals surface area contributed by atoms with Crippen LogP contribution < -0.4 is 15.2 Å². The molecular formula is C11H15NO2. The maximum Gasteiger partial charge on any atom is 0.146 e. The molecule has 0 saturated carbocycles. The van der Waals surface area contributed by atoms with Crippen molar-refractivity contribution >= 4 is 5.69 Å². The highest BCUT2D eigenvalue weighted by atomic mass is 16.5. The minimum absolute atomic E-state index is 0.522. The molecular weight excluding hydrogens is 178 g/mol. The predicted molar refractivity (Wildman–Crippen MR) is 57.7 cm³/mol. The number of hydrogen-bond donors (Lipinski definition) is 1. The fourth-order valence-corrected chi connectivity index (χ4v) is 1.00. The van der Waals surface area contributed by atoms with E-state index >= 15 is 0 Å². The van der Waals surface area contributed by atoms with Crippen LogP contribution in [0.4, 0.5) is 5.69 Å². The molecule has 1 rings (SSSR count). The van der Waals surface area contributed by atoms with Crippen LogP contribution in [-0.2, 0) is 0 Å². The van der Waals surface area contributed by atoms with Crippen LogP contribution in [0.25, 0.3) is 0 Å². The average Bonchev–Trinajstić information content (AvgIpc) is 2.21. The number of allylic oxidation sites excluding steroid dienone is 1. The summed E-state index contributed by atoms with van der Waals surface area (Å²) in [6.45, 7) is 2.46. The Labute approximate surface area is 84.1 Å². The zero-order chi connectivity index (χ0) is 10.4. The molecule has 0 aliphatic heterocycles. The molecule has 0 heterocycles. The van der Waals surface area contributed by atoms with Gasteiger partial charge in [0.1, 0.15) is 18.1 Å². The standard InChI is InChI=1S/C11H15NO2/c1-3-4-7-14-11-8-9(13-2)5-6-10(11)12/h3-6,8H,7,12H2,1-2H3/b4-3+. The second-order valence-corrected chi connectivity index (χ2v) is 2.78. The normalized spacial score (nSPS) is 10.4. The van der Waals surface area contributed by atoms with Crippen LogP contribution in [0.3, 0.4) is 0 Å². The van der Waals surface area contributed by atoms with E-state index in [-0.39, 0.29) is 0 Å². The Balaban J connectivity index is 2.73. The highest BCUT2D eigenvalue weighted by Crippen LogP contribution is 2.26. The van der Waals surface area contributed by atoms with Crippen molar-refractivity contribution < 1.29 is 9.47 Å². The highest BCUT2D eigenvalue weighted by molar-refractivity contribution is 5.55. The van der Waals surface area contributed by atoms with Gasteiger partial charge in [0.25, 0.3) is 0 Å². The van der Waals surface area contributed by atoms with Gasteiger partial charge in [0.15, 0.2) is 0 Å². The predicted octanol–water partition coefficient (Wildman–Crippen LogP) is 2.23. The lowest BCUT2D eigenvalue weighted by molar-refractivity contribution is 0.358. The monoisotopic (exact) mass is 193 g/mol. The second kappa shape index (κ2) is 5.17. The Hall–Kier alpha value is -1.64. The first-order valence-corrected chi connectivity index (χ1v) is 4.45. The summed E-state index contributed by atoms with van der Waals surface area (Å²) in [6, 6.07) is 5.35. The smallest absolute Gasteiger partial charge is 0.146 e. The van der Waals surface area contributed by atoms with E-state index in [1.165, 1.54) is 0 Å². The van der Waals surface area contributed by atoms with Crippen molar-refractivity contribution in [1.29, 1.82) is 0 Å². The van der Waals surface area contributed by atoms with Crippen molar-refractivity contribution in [3.63, 3.8) is 0 Å². The molecule has 0 unspecified atom stereocenters. The number of nitrogen functional groups attached to an aromatic ring is 1. The molecule has 0 aliphatic rings. The summed E-state index contributed by atoms with van der Waals surface area (Å²) in [7, 11) is 1.61. The quantitative estimate of drug-likeness (QED) is 0.589. The summed E-state index contributed by atoms with van der Waals surface area (Å²) in [5.74, 6) is 1.40. The SMILES string of the molecule is C/C=C/COc1cc(OC)ccc1N. The molecule has 14 heavy (non-hydrogen) atoms. The van der Waals surface area contributed by atoms with Crippen LogP contribution in [0.15, 0.2) is 30.4 Å². The number of hydrogen-bond acceptors (Lipinski definition) is 3. The third-order valence-electron chi connectivity index (χ3n) is 1.79. The number of anilines is 1. The van der Waals surface area contributed by atoms with E-state index < -0.39 is 0 Å². The van der Waals surface area contributed by atoms with E-state index in [9.17, 15) is 0 Å². The fourth-order valence-electron chi connectivity index (χ4n) is 1.00. The summed E-state index contributed by atoms with van der Waals surface area (Å²) in [6.07, 6.45) is 3.84. The first-order valence-electron chi connectivity index (χ1n) is 4.45. The Kier molecular flexibility index (Phi) is 3.85. The van der Waals surface area contributed by atoms with Crippen molar-refractivity contribution in [1.82, 2.24) is 0 Å². The number of nitrogens with two attached hydrogens (primary N) is 1. The van der Waals surface area contributed by atoms with E-state index in [0.29, 0.717) is 18.0 Å². The van der Waals surface area contributed by atoms with E-state index in [4.69, 9.17) is 15.2 Å². The minimum Gasteiger partial charge on any atom is -0.497 e. The fraction of sp³-hybridized carbons (Fsp3) is 0.273. The van der Waals surface area contributed by atoms with E-state index in [0.717, 1.165) is 5.75 Å². The molecule has 76 valence electrons. The Morgan fingerprint density at radius 2 is 2.21 bits per heavy atom. The lowest BCUT2D eigenvalue weighted by Crippen LogP contribution is -1.98. The largest absolute Gasteiger partial charge is 0.497 e. The van der Waals surface area contributed by atoms with Crippen LogP contribution in [0.5, 0.6) is 11.5 Å². The highest BCUT2D eigenvalue weighted by Gasteiger charge is 2.01. The van der Waals surface area contributed by atoms with Gasteiger partial charge in [0.05, 0.1) is 12.8 Å². The van der Waals surface area contributed by atoms with E-state index in [2.05, 4.69) is 0 Å². The third-order valence-corrected chi connectivity index (χ3v) is 1.79. The molecule has 0 saturated heterocycles. The van der Waals surface area contributed by atoms with Crippen molar-refractivity contribution in [3.05, 3.63) is 30.4 Å². The average molecular weight is 193 g/mol. The third kappa shape index (κ3) is 2.69. The lowest BCUT2D eigenvalue weighted by Gasteiger charge is -2.08. The van der Waals surface area contributed by atoms with Gasteiger partial charge in [0.2, 0.25) is 0 Å². The maximum absolute atomic E-state index is 5.72. The van der Waals surface area contributed by atoms with Crippen molar-refractivity contribution in [2.75, 3.05) is 19.5 Å². The van der Waals surface area contributed by atoms with Gasteiger partial charge in [-0.1, -0.05) is 12.2 Å². The lowest BCUT2D eigenvalue weighted by atomic mass is 10.3. The van der Waals surface area contributed by atoms with Crippen LogP contribution in [0, 0.1) is 0 Å². The molecule has 0 amide bonds. The molecule has 3 heteroatoms. The molecule has 0 bridgehead atoms. The van der Waals surface area contributed by atoms with Gasteiger partial charge >= 0.3 is 0 Å². The zero-order valence-corrected chi connectivity index (χ0v) is 8.49. The van der Waals surface area contributed by atoms with Gasteiger partial charge in [0, 0.05) is 6.07 Å². The molecule has 0 aromatic heterocycles. The van der Waals surface area contributed by atoms with E-state index in [1.807, 2.05) is 19.1 Å². The number of rotatable bonds is 4. The number of benzene rings is 1. The summed E-state index contributed by atoms with van der Waals surface area (Å²) >= 11 is 0. The molecule has 0 atom stereocenters. The van der Waals surface area contributed by atoms with Gasteiger partial charge in [-0.15, -0.1) is 0 Å². The van der Waals surface area contributed by atoms with Crippen LogP contribution >= 0.6 is 0 Å². The molecule has 0 spiro atoms. The van der Waals surface area contributed by atoms with Crippen LogP contribution in [-0.4, -0.2) is 13.7 Å². The zero-order valence-electron chi connectivity index (χ0n) is 8.49. The maximum atomic E-state index is 5.72. The molecule has 1 aromatic carbocycles. The van der Waals surface area contributed by atoms with Crippen molar-refractivity contribution in [2.45, 2.75) is 6.92 Å². The second-order valence-electron chi connectivity index (χ2n) is 2.78. The molecule has 2 N–H and O–H groups in total. The Morgan fingerprint density at radius 1 is 1.43 bits per heavy atom. The topological polar surface area (TPSA) is 44.5 Å². The summed E-state index contributed by atoms with van der Waals surface area (Å²) in [5.41, 5.74) is 6.34. The summed E-state index contributed by atoms with van der Waals surface area (Å²) in [4.78, 5) is 0. The summed E-state index contributed by atoms with van der Waals surface area (Å²) in [5, 5.41) is 0. The van der Waals surface area contributed by atoms with Crippen LogP contribution in [0.2, 0.25) is 0 Å². The van der Waals surface area contributed by atoms with Crippen molar-refractivity contribution in [3.8, 4) is 11.5 Å². The van der Waals surface area contributed by atoms with Gasteiger partial charge in [-0.05, 0) is 19.1 Å².